The molecule has 1 aromatic rings. The maximum absolute atomic E-state index is 13.1. The molecule has 0 spiro atoms. The zero-order chi connectivity index (χ0) is 12.0. The molecule has 0 amide bonds. The molecule has 16 heavy (non-hydrogen) atoms. The lowest BCUT2D eigenvalue weighted by Gasteiger charge is -2.01. The minimum Gasteiger partial charge on any atom is -0.465 e. The highest BCUT2D eigenvalue weighted by molar-refractivity contribution is 5.89. The second kappa shape index (κ2) is 5.61. The van der Waals surface area contributed by atoms with Gasteiger partial charge in [0.15, 0.2) is 0 Å². The van der Waals surface area contributed by atoms with E-state index in [1.807, 2.05) is 6.07 Å². The normalized spacial score (nSPS) is 10.1. The van der Waals surface area contributed by atoms with E-state index in [0.29, 0.717) is 5.56 Å². The van der Waals surface area contributed by atoms with Gasteiger partial charge in [-0.2, -0.15) is 9.65 Å². The van der Waals surface area contributed by atoms with Crippen molar-refractivity contribution in [3.63, 3.8) is 0 Å². The average molecular weight is 220 g/mol. The van der Waals surface area contributed by atoms with E-state index in [2.05, 4.69) is 9.72 Å². The van der Waals surface area contributed by atoms with Crippen molar-refractivity contribution in [3.8, 4) is 6.07 Å². The van der Waals surface area contributed by atoms with Gasteiger partial charge in [0.25, 0.3) is 0 Å². The van der Waals surface area contributed by atoms with Gasteiger partial charge in [0.1, 0.15) is 5.56 Å². The molecule has 5 heteroatoms. The maximum Gasteiger partial charge on any atom is 0.342 e. The minimum atomic E-state index is -0.871. The summed E-state index contributed by atoms with van der Waals surface area (Å²) in [6, 6.07) is 3.25. The summed E-state index contributed by atoms with van der Waals surface area (Å²) >= 11 is 0. The molecule has 0 saturated carbocycles. The van der Waals surface area contributed by atoms with Crippen LogP contribution in [0.5, 0.6) is 0 Å². The molecular weight excluding hydrogens is 211 g/mol. The van der Waals surface area contributed by atoms with Crippen molar-refractivity contribution in [1.82, 2.24) is 4.98 Å². The van der Waals surface area contributed by atoms with Crippen LogP contribution in [-0.2, 0) is 4.74 Å². The molecule has 0 aliphatic carbocycles. The average Bonchev–Trinajstić information content (AvgIpc) is 2.30. The number of pyridine rings is 1. The van der Waals surface area contributed by atoms with Crippen LogP contribution in [0, 0.1) is 17.3 Å². The fourth-order valence-electron chi connectivity index (χ4n) is 1.06. The van der Waals surface area contributed by atoms with Crippen molar-refractivity contribution in [1.29, 1.82) is 5.26 Å². The van der Waals surface area contributed by atoms with Crippen LogP contribution in [0.3, 0.4) is 0 Å². The molecule has 4 nitrogen and oxygen atoms in total. The van der Waals surface area contributed by atoms with Gasteiger partial charge in [0.05, 0.1) is 19.6 Å². The first-order valence-corrected chi connectivity index (χ1v) is 4.46. The van der Waals surface area contributed by atoms with Crippen LogP contribution in [0.1, 0.15) is 22.3 Å². The second-order valence-corrected chi connectivity index (χ2v) is 2.86. The lowest BCUT2D eigenvalue weighted by atomic mass is 10.2. The molecule has 0 unspecified atom stereocenters. The molecular formula is C11H9FN2O2. The molecule has 1 heterocycles. The number of halogens is 1. The maximum atomic E-state index is 13.1. The predicted molar refractivity (Wildman–Crippen MR) is 54.8 cm³/mol. The van der Waals surface area contributed by atoms with Gasteiger partial charge in [0, 0.05) is 6.20 Å². The lowest BCUT2D eigenvalue weighted by Crippen LogP contribution is -2.06. The first-order valence-electron chi connectivity index (χ1n) is 4.46. The Balaban J connectivity index is 2.99. The SMILES string of the molecule is COC(=O)c1cc(C=CCC#N)cnc1F. The molecule has 0 radical (unpaired) electrons. The van der Waals surface area contributed by atoms with E-state index < -0.39 is 11.9 Å². The van der Waals surface area contributed by atoms with Gasteiger partial charge < -0.3 is 4.74 Å². The van der Waals surface area contributed by atoms with E-state index in [1.165, 1.54) is 19.4 Å². The number of esters is 1. The first kappa shape index (κ1) is 11.9. The molecule has 0 aliphatic rings. The van der Waals surface area contributed by atoms with Crippen molar-refractivity contribution in [2.45, 2.75) is 6.42 Å². The van der Waals surface area contributed by atoms with E-state index in [-0.39, 0.29) is 12.0 Å². The summed E-state index contributed by atoms with van der Waals surface area (Å²) in [6.45, 7) is 0. The van der Waals surface area contributed by atoms with Gasteiger partial charge in [0.2, 0.25) is 5.95 Å². The Kier molecular flexibility index (Phi) is 4.16. The predicted octanol–water partition coefficient (Wildman–Crippen LogP) is 1.93. The largest absolute Gasteiger partial charge is 0.465 e. The Labute approximate surface area is 92.0 Å². The van der Waals surface area contributed by atoms with Crippen molar-refractivity contribution in [3.05, 3.63) is 35.4 Å². The number of nitrogens with zero attached hydrogens (tertiary/aromatic N) is 2. The molecule has 1 aromatic heterocycles. The number of hydrogen-bond acceptors (Lipinski definition) is 4. The van der Waals surface area contributed by atoms with E-state index >= 15 is 0 Å². The van der Waals surface area contributed by atoms with E-state index in [1.54, 1.807) is 12.2 Å². The smallest absolute Gasteiger partial charge is 0.342 e. The molecule has 0 saturated heterocycles. The Hall–Kier alpha value is -2.22. The topological polar surface area (TPSA) is 63.0 Å². The van der Waals surface area contributed by atoms with Crippen molar-refractivity contribution in [2.75, 3.05) is 7.11 Å². The summed E-state index contributed by atoms with van der Waals surface area (Å²) < 4.78 is 17.5. The fraction of sp³-hybridized carbons (Fsp3) is 0.182. The Morgan fingerprint density at radius 3 is 3.12 bits per heavy atom. The van der Waals surface area contributed by atoms with Crippen LogP contribution in [0.15, 0.2) is 18.3 Å². The molecule has 0 N–H and O–H groups in total. The van der Waals surface area contributed by atoms with Gasteiger partial charge in [-0.15, -0.1) is 0 Å². The number of aromatic nitrogens is 1. The van der Waals surface area contributed by atoms with Crippen molar-refractivity contribution in [2.24, 2.45) is 0 Å². The van der Waals surface area contributed by atoms with Gasteiger partial charge in [-0.05, 0) is 11.6 Å². The van der Waals surface area contributed by atoms with Crippen LogP contribution in [0.25, 0.3) is 6.08 Å². The van der Waals surface area contributed by atoms with E-state index in [0.717, 1.165) is 0 Å². The van der Waals surface area contributed by atoms with Crippen LogP contribution in [0.4, 0.5) is 4.39 Å². The van der Waals surface area contributed by atoms with Crippen LogP contribution in [-0.4, -0.2) is 18.1 Å². The summed E-state index contributed by atoms with van der Waals surface area (Å²) in [6.07, 6.45) is 4.69. The van der Waals surface area contributed by atoms with Gasteiger partial charge in [-0.25, -0.2) is 9.78 Å². The minimum absolute atomic E-state index is 0.221. The molecule has 1 rings (SSSR count). The summed E-state index contributed by atoms with van der Waals surface area (Å²) in [5.74, 6) is -1.65. The van der Waals surface area contributed by atoms with Crippen LogP contribution < -0.4 is 0 Å². The van der Waals surface area contributed by atoms with E-state index in [4.69, 9.17) is 5.26 Å². The third-order valence-electron chi connectivity index (χ3n) is 1.78. The third-order valence-corrected chi connectivity index (χ3v) is 1.78. The highest BCUT2D eigenvalue weighted by Gasteiger charge is 2.13. The number of nitriles is 1. The Bertz CT molecular complexity index is 464. The number of methoxy groups -OCH3 is 1. The molecule has 0 bridgehead atoms. The Morgan fingerprint density at radius 1 is 1.75 bits per heavy atom. The number of rotatable bonds is 3. The second-order valence-electron chi connectivity index (χ2n) is 2.86. The molecule has 82 valence electrons. The zero-order valence-electron chi connectivity index (χ0n) is 8.61. The third kappa shape index (κ3) is 2.89. The number of hydrogen-bond donors (Lipinski definition) is 0. The number of allylic oxidation sites excluding steroid dienone is 1. The summed E-state index contributed by atoms with van der Waals surface area (Å²) in [7, 11) is 1.17. The summed E-state index contributed by atoms with van der Waals surface area (Å²) in [5, 5.41) is 8.32. The van der Waals surface area contributed by atoms with Gasteiger partial charge in [-0.1, -0.05) is 12.2 Å². The highest BCUT2D eigenvalue weighted by Crippen LogP contribution is 2.10. The number of carbonyl (C=O) groups is 1. The molecule has 0 aliphatic heterocycles. The monoisotopic (exact) mass is 220 g/mol. The highest BCUT2D eigenvalue weighted by atomic mass is 19.1. The standard InChI is InChI=1S/C11H9FN2O2/c1-16-11(15)9-6-8(4-2-3-5-13)7-14-10(9)12/h2,4,6-7H,3H2,1H3. The van der Waals surface area contributed by atoms with Gasteiger partial charge in [-0.3, -0.25) is 0 Å². The summed E-state index contributed by atoms with van der Waals surface area (Å²) in [5.41, 5.74) is 0.318. The fourth-order valence-corrected chi connectivity index (χ4v) is 1.06. The summed E-state index contributed by atoms with van der Waals surface area (Å²) in [4.78, 5) is 14.6. The zero-order valence-corrected chi connectivity index (χ0v) is 8.61. The number of carbonyl (C=O) groups excluding carboxylic acids is 1. The van der Waals surface area contributed by atoms with Crippen molar-refractivity contribution < 1.29 is 13.9 Å². The Morgan fingerprint density at radius 2 is 2.50 bits per heavy atom. The van der Waals surface area contributed by atoms with Gasteiger partial charge >= 0.3 is 5.97 Å². The molecule has 0 atom stereocenters. The first-order chi connectivity index (χ1) is 7.69. The van der Waals surface area contributed by atoms with E-state index in [9.17, 15) is 9.18 Å². The van der Waals surface area contributed by atoms with Crippen LogP contribution >= 0.6 is 0 Å². The quantitative estimate of drug-likeness (QED) is 0.576. The molecule has 0 aromatic carbocycles. The van der Waals surface area contributed by atoms with Crippen LogP contribution in [0.2, 0.25) is 0 Å². The van der Waals surface area contributed by atoms with Crippen molar-refractivity contribution >= 4 is 12.0 Å². The number of ether oxygens (including phenoxy) is 1. The molecule has 0 fully saturated rings. The lowest BCUT2D eigenvalue weighted by molar-refractivity contribution is 0.0594.